The predicted octanol–water partition coefficient (Wildman–Crippen LogP) is 4.15. The van der Waals surface area contributed by atoms with Gasteiger partial charge in [-0.25, -0.2) is 0 Å². The van der Waals surface area contributed by atoms with E-state index in [2.05, 4.69) is 0 Å². The third-order valence-corrected chi connectivity index (χ3v) is 6.21. The van der Waals surface area contributed by atoms with E-state index in [9.17, 15) is 9.90 Å². The van der Waals surface area contributed by atoms with E-state index in [1.165, 1.54) is 25.7 Å². The van der Waals surface area contributed by atoms with Crippen LogP contribution in [0, 0.1) is 11.3 Å². The molecule has 1 aliphatic heterocycles. The summed E-state index contributed by atoms with van der Waals surface area (Å²) in [5.41, 5.74) is -0.388. The van der Waals surface area contributed by atoms with Crippen LogP contribution in [0.1, 0.15) is 77.0 Å². The zero-order chi connectivity index (χ0) is 14.1. The van der Waals surface area contributed by atoms with E-state index in [-0.39, 0.29) is 5.60 Å². The summed E-state index contributed by atoms with van der Waals surface area (Å²) in [5.74, 6) is -0.187. The molecular formula is C17H28O3. The van der Waals surface area contributed by atoms with Gasteiger partial charge in [0.25, 0.3) is 0 Å². The average Bonchev–Trinajstić information content (AvgIpc) is 2.37. The van der Waals surface area contributed by atoms with E-state index in [4.69, 9.17) is 4.74 Å². The molecule has 1 saturated heterocycles. The van der Waals surface area contributed by atoms with Crippen LogP contribution in [0.2, 0.25) is 0 Å². The van der Waals surface area contributed by atoms with E-state index in [0.29, 0.717) is 5.92 Å². The van der Waals surface area contributed by atoms with Crippen LogP contribution in [0.5, 0.6) is 0 Å². The van der Waals surface area contributed by atoms with Crippen LogP contribution in [0.3, 0.4) is 0 Å². The second-order valence-electron chi connectivity index (χ2n) is 7.30. The molecule has 3 rings (SSSR count). The Labute approximate surface area is 122 Å². The minimum Gasteiger partial charge on any atom is -0.481 e. The van der Waals surface area contributed by atoms with Gasteiger partial charge < -0.3 is 9.84 Å². The first kappa shape index (κ1) is 14.4. The molecule has 3 aliphatic rings. The zero-order valence-electron chi connectivity index (χ0n) is 12.5. The van der Waals surface area contributed by atoms with E-state index < -0.39 is 11.4 Å². The van der Waals surface area contributed by atoms with Gasteiger partial charge in [0.05, 0.1) is 11.0 Å². The molecule has 0 aromatic carbocycles. The molecule has 114 valence electrons. The Kier molecular flexibility index (Phi) is 4.07. The van der Waals surface area contributed by atoms with Gasteiger partial charge in [-0.1, -0.05) is 32.1 Å². The molecule has 2 saturated carbocycles. The molecule has 0 radical (unpaired) electrons. The average molecular weight is 280 g/mol. The molecule has 0 amide bonds. The summed E-state index contributed by atoms with van der Waals surface area (Å²) in [6.07, 6.45) is 13.2. The maximum absolute atomic E-state index is 12.1. The lowest BCUT2D eigenvalue weighted by molar-refractivity contribution is -0.179. The molecule has 3 heteroatoms. The summed E-state index contributed by atoms with van der Waals surface area (Å²) >= 11 is 0. The minimum absolute atomic E-state index is 0.0632. The third-order valence-electron chi connectivity index (χ3n) is 6.21. The predicted molar refractivity (Wildman–Crippen MR) is 77.6 cm³/mol. The van der Waals surface area contributed by atoms with Crippen molar-refractivity contribution in [3.05, 3.63) is 0 Å². The first-order valence-electron chi connectivity index (χ1n) is 8.54. The van der Waals surface area contributed by atoms with Gasteiger partial charge in [0, 0.05) is 6.61 Å². The van der Waals surface area contributed by atoms with Gasteiger partial charge in [-0.2, -0.15) is 0 Å². The summed E-state index contributed by atoms with van der Waals surface area (Å²) in [5, 5.41) is 9.98. The monoisotopic (exact) mass is 280 g/mol. The second-order valence-corrected chi connectivity index (χ2v) is 7.30. The highest BCUT2D eigenvalue weighted by molar-refractivity contribution is 5.75. The first-order valence-corrected chi connectivity index (χ1v) is 8.54. The smallest absolute Gasteiger partial charge is 0.309 e. The summed E-state index contributed by atoms with van der Waals surface area (Å²) < 4.78 is 6.01. The van der Waals surface area contributed by atoms with Crippen molar-refractivity contribution in [3.63, 3.8) is 0 Å². The van der Waals surface area contributed by atoms with E-state index in [0.717, 1.165) is 58.0 Å². The minimum atomic E-state index is -0.527. The Morgan fingerprint density at radius 3 is 2.15 bits per heavy atom. The van der Waals surface area contributed by atoms with Gasteiger partial charge in [0.1, 0.15) is 0 Å². The van der Waals surface area contributed by atoms with Crippen LogP contribution < -0.4 is 0 Å². The van der Waals surface area contributed by atoms with Crippen LogP contribution in [-0.2, 0) is 9.53 Å². The highest BCUT2D eigenvalue weighted by atomic mass is 16.5. The fourth-order valence-corrected chi connectivity index (χ4v) is 4.75. The molecule has 20 heavy (non-hydrogen) atoms. The summed E-state index contributed by atoms with van der Waals surface area (Å²) in [4.78, 5) is 12.1. The summed E-state index contributed by atoms with van der Waals surface area (Å²) in [7, 11) is 0. The standard InChI is InChI=1S/C17H28O3/c18-15(19)17(10-4-2-1-3-5-11-17)14-7-12-20-16(13-14)8-6-9-16/h14H,1-13H2,(H,18,19). The van der Waals surface area contributed by atoms with Gasteiger partial charge >= 0.3 is 5.97 Å². The maximum Gasteiger partial charge on any atom is 0.309 e. The van der Waals surface area contributed by atoms with Gasteiger partial charge in [-0.05, 0) is 50.9 Å². The fraction of sp³-hybridized carbons (Fsp3) is 0.941. The zero-order valence-corrected chi connectivity index (χ0v) is 12.5. The molecule has 2 aliphatic carbocycles. The van der Waals surface area contributed by atoms with Crippen molar-refractivity contribution in [1.29, 1.82) is 0 Å². The van der Waals surface area contributed by atoms with Crippen molar-refractivity contribution in [2.45, 2.75) is 82.7 Å². The number of carboxylic acids is 1. The Bertz CT molecular complexity index is 351. The summed E-state index contributed by atoms with van der Waals surface area (Å²) in [6.45, 7) is 0.777. The number of carbonyl (C=O) groups is 1. The largest absolute Gasteiger partial charge is 0.481 e. The highest BCUT2D eigenvalue weighted by Crippen LogP contribution is 2.52. The van der Waals surface area contributed by atoms with E-state index in [1.807, 2.05) is 0 Å². The number of rotatable bonds is 2. The van der Waals surface area contributed by atoms with Crippen LogP contribution in [-0.4, -0.2) is 23.3 Å². The lowest BCUT2D eigenvalue weighted by atomic mass is 9.60. The molecule has 0 aromatic rings. The fourth-order valence-electron chi connectivity index (χ4n) is 4.75. The first-order chi connectivity index (χ1) is 9.67. The van der Waals surface area contributed by atoms with Gasteiger partial charge in [0.15, 0.2) is 0 Å². The number of carboxylic acid groups (broad SMARTS) is 1. The van der Waals surface area contributed by atoms with Crippen LogP contribution >= 0.6 is 0 Å². The summed E-state index contributed by atoms with van der Waals surface area (Å²) in [6, 6.07) is 0. The van der Waals surface area contributed by atoms with Crippen LogP contribution in [0.4, 0.5) is 0 Å². The molecule has 3 fully saturated rings. The van der Waals surface area contributed by atoms with Gasteiger partial charge in [-0.15, -0.1) is 0 Å². The lowest BCUT2D eigenvalue weighted by Gasteiger charge is -2.51. The SMILES string of the molecule is O=C(O)C1(C2CCOC3(CCC3)C2)CCCCCCC1. The highest BCUT2D eigenvalue weighted by Gasteiger charge is 2.52. The lowest BCUT2D eigenvalue weighted by Crippen LogP contribution is -2.51. The number of hydrogen-bond acceptors (Lipinski definition) is 2. The number of ether oxygens (including phenoxy) is 1. The Morgan fingerprint density at radius 2 is 1.60 bits per heavy atom. The number of aliphatic carboxylic acids is 1. The maximum atomic E-state index is 12.1. The molecule has 0 bridgehead atoms. The topological polar surface area (TPSA) is 46.5 Å². The van der Waals surface area contributed by atoms with Crippen LogP contribution in [0.15, 0.2) is 0 Å². The van der Waals surface area contributed by atoms with Crippen LogP contribution in [0.25, 0.3) is 0 Å². The van der Waals surface area contributed by atoms with Gasteiger partial charge in [0.2, 0.25) is 0 Å². The van der Waals surface area contributed by atoms with Crippen molar-refractivity contribution >= 4 is 5.97 Å². The second kappa shape index (κ2) is 5.67. The van der Waals surface area contributed by atoms with Crippen molar-refractivity contribution in [2.24, 2.45) is 11.3 Å². The van der Waals surface area contributed by atoms with E-state index in [1.54, 1.807) is 0 Å². The van der Waals surface area contributed by atoms with Crippen molar-refractivity contribution in [3.8, 4) is 0 Å². The molecular weight excluding hydrogens is 252 g/mol. The Hall–Kier alpha value is -0.570. The third kappa shape index (κ3) is 2.49. The number of hydrogen-bond donors (Lipinski definition) is 1. The molecule has 1 atom stereocenters. The molecule has 1 unspecified atom stereocenters. The molecule has 1 heterocycles. The van der Waals surface area contributed by atoms with Crippen molar-refractivity contribution < 1.29 is 14.6 Å². The Balaban J connectivity index is 1.79. The van der Waals surface area contributed by atoms with Crippen molar-refractivity contribution in [2.75, 3.05) is 6.61 Å². The molecule has 3 nitrogen and oxygen atoms in total. The molecule has 1 N–H and O–H groups in total. The molecule has 0 aromatic heterocycles. The van der Waals surface area contributed by atoms with E-state index >= 15 is 0 Å². The van der Waals surface area contributed by atoms with Gasteiger partial charge in [-0.3, -0.25) is 4.79 Å². The Morgan fingerprint density at radius 1 is 0.950 bits per heavy atom. The quantitative estimate of drug-likeness (QED) is 0.826. The normalized spacial score (nSPS) is 32.9. The molecule has 1 spiro atoms. The van der Waals surface area contributed by atoms with Crippen molar-refractivity contribution in [1.82, 2.24) is 0 Å².